The molecule has 0 radical (unpaired) electrons. The number of carbonyl (C=O) groups is 3. The predicted octanol–water partition coefficient (Wildman–Crippen LogP) is 3.23. The van der Waals surface area contributed by atoms with Crippen LogP contribution in [0.1, 0.15) is 48.7 Å². The molecule has 6 heteroatoms. The lowest BCUT2D eigenvalue weighted by Crippen LogP contribution is -2.29. The Morgan fingerprint density at radius 1 is 1.04 bits per heavy atom. The molecule has 0 bridgehead atoms. The maximum absolute atomic E-state index is 12.5. The first-order chi connectivity index (χ1) is 13.0. The summed E-state index contributed by atoms with van der Waals surface area (Å²) in [4.78, 5) is 37.2. The highest BCUT2D eigenvalue weighted by Crippen LogP contribution is 2.23. The van der Waals surface area contributed by atoms with Crippen molar-refractivity contribution < 1.29 is 19.1 Å². The fourth-order valence-corrected chi connectivity index (χ4v) is 3.01. The molecule has 0 saturated carbocycles. The summed E-state index contributed by atoms with van der Waals surface area (Å²) in [5.74, 6) is 0.158. The molecule has 27 heavy (non-hydrogen) atoms. The van der Waals surface area contributed by atoms with E-state index in [4.69, 9.17) is 4.74 Å². The number of rotatable bonds is 6. The lowest BCUT2D eigenvalue weighted by atomic mass is 10.1. The molecule has 1 N–H and O–H groups in total. The van der Waals surface area contributed by atoms with Crippen molar-refractivity contribution in [3.05, 3.63) is 59.7 Å². The summed E-state index contributed by atoms with van der Waals surface area (Å²) in [5, 5.41) is 2.94. The van der Waals surface area contributed by atoms with Crippen LogP contribution >= 0.6 is 0 Å². The molecule has 1 heterocycles. The zero-order valence-electron chi connectivity index (χ0n) is 15.4. The van der Waals surface area contributed by atoms with Crippen LogP contribution in [0, 0.1) is 0 Å². The maximum Gasteiger partial charge on any atom is 0.251 e. The monoisotopic (exact) mass is 366 g/mol. The molecule has 0 unspecified atom stereocenters. The summed E-state index contributed by atoms with van der Waals surface area (Å²) in [6.45, 7) is 4.44. The van der Waals surface area contributed by atoms with E-state index in [2.05, 4.69) is 5.32 Å². The third-order valence-corrected chi connectivity index (χ3v) is 4.48. The van der Waals surface area contributed by atoms with Gasteiger partial charge in [0, 0.05) is 18.4 Å². The number of amides is 3. The quantitative estimate of drug-likeness (QED) is 0.797. The molecule has 3 amide bonds. The Bertz CT molecular complexity index is 827. The number of carbonyl (C=O) groups excluding carboxylic acids is 3. The van der Waals surface area contributed by atoms with Crippen molar-refractivity contribution in [2.45, 2.75) is 32.7 Å². The van der Waals surface area contributed by atoms with Crippen molar-refractivity contribution in [2.24, 2.45) is 0 Å². The molecule has 1 atom stereocenters. The Kier molecular flexibility index (Phi) is 5.54. The summed E-state index contributed by atoms with van der Waals surface area (Å²) in [6, 6.07) is 13.9. The van der Waals surface area contributed by atoms with E-state index >= 15 is 0 Å². The highest BCUT2D eigenvalue weighted by molar-refractivity contribution is 6.19. The lowest BCUT2D eigenvalue weighted by molar-refractivity contribution is -0.121. The van der Waals surface area contributed by atoms with Gasteiger partial charge in [-0.15, -0.1) is 0 Å². The van der Waals surface area contributed by atoms with Crippen molar-refractivity contribution in [1.29, 1.82) is 0 Å². The number of nitrogens with one attached hydrogen (secondary N) is 1. The molecule has 1 aliphatic rings. The van der Waals surface area contributed by atoms with Gasteiger partial charge in [0.2, 0.25) is 11.8 Å². The van der Waals surface area contributed by atoms with Gasteiger partial charge in [-0.25, -0.2) is 0 Å². The molecule has 1 fully saturated rings. The summed E-state index contributed by atoms with van der Waals surface area (Å²) in [7, 11) is 0. The van der Waals surface area contributed by atoms with Crippen LogP contribution in [0.25, 0.3) is 0 Å². The van der Waals surface area contributed by atoms with Crippen LogP contribution in [0.4, 0.5) is 5.69 Å². The number of hydrogen-bond acceptors (Lipinski definition) is 4. The van der Waals surface area contributed by atoms with E-state index in [1.165, 1.54) is 4.90 Å². The van der Waals surface area contributed by atoms with Crippen LogP contribution in [0.15, 0.2) is 48.5 Å². The molecule has 6 nitrogen and oxygen atoms in total. The van der Waals surface area contributed by atoms with E-state index < -0.39 is 0 Å². The van der Waals surface area contributed by atoms with Crippen LogP contribution < -0.4 is 15.0 Å². The van der Waals surface area contributed by atoms with Crippen molar-refractivity contribution in [3.8, 4) is 5.75 Å². The topological polar surface area (TPSA) is 75.7 Å². The number of anilines is 1. The van der Waals surface area contributed by atoms with Crippen LogP contribution in [0.5, 0.6) is 5.75 Å². The smallest absolute Gasteiger partial charge is 0.251 e. The number of imide groups is 1. The second-order valence-corrected chi connectivity index (χ2v) is 6.37. The molecular weight excluding hydrogens is 344 g/mol. The normalized spacial score (nSPS) is 15.0. The molecule has 0 spiro atoms. The third-order valence-electron chi connectivity index (χ3n) is 4.48. The Morgan fingerprint density at radius 2 is 1.63 bits per heavy atom. The van der Waals surface area contributed by atoms with E-state index in [0.29, 0.717) is 17.9 Å². The Morgan fingerprint density at radius 3 is 2.19 bits per heavy atom. The minimum absolute atomic E-state index is 0.172. The largest absolute Gasteiger partial charge is 0.494 e. The molecule has 2 aromatic carbocycles. The molecule has 0 aliphatic carbocycles. The fourth-order valence-electron chi connectivity index (χ4n) is 3.01. The zero-order chi connectivity index (χ0) is 19.4. The Labute approximate surface area is 158 Å². The predicted molar refractivity (Wildman–Crippen MR) is 102 cm³/mol. The number of nitrogens with zero attached hydrogens (tertiary/aromatic N) is 1. The van der Waals surface area contributed by atoms with Gasteiger partial charge in [-0.05, 0) is 55.8 Å². The van der Waals surface area contributed by atoms with E-state index in [1.54, 1.807) is 24.3 Å². The van der Waals surface area contributed by atoms with E-state index in [9.17, 15) is 14.4 Å². The number of benzene rings is 2. The van der Waals surface area contributed by atoms with Gasteiger partial charge in [-0.3, -0.25) is 19.3 Å². The zero-order valence-corrected chi connectivity index (χ0v) is 15.4. The van der Waals surface area contributed by atoms with Crippen molar-refractivity contribution in [1.82, 2.24) is 5.32 Å². The first kappa shape index (κ1) is 18.6. The highest BCUT2D eigenvalue weighted by atomic mass is 16.5. The standard InChI is InChI=1S/C21H22N2O4/c1-3-27-18-10-6-15(7-11-18)14(2)22-21(26)16-4-8-17(9-5-16)23-19(24)12-13-20(23)25/h4-11,14H,3,12-13H2,1-2H3,(H,22,26)/t14-/m0/s1. The van der Waals surface area contributed by atoms with Gasteiger partial charge in [0.1, 0.15) is 5.75 Å². The SMILES string of the molecule is CCOc1ccc([C@H](C)NC(=O)c2ccc(N3C(=O)CCC3=O)cc2)cc1. The van der Waals surface area contributed by atoms with Crippen LogP contribution in [-0.4, -0.2) is 24.3 Å². The average Bonchev–Trinajstić information content (AvgIpc) is 3.01. The minimum Gasteiger partial charge on any atom is -0.494 e. The van der Waals surface area contributed by atoms with Crippen LogP contribution in [0.3, 0.4) is 0 Å². The van der Waals surface area contributed by atoms with Gasteiger partial charge < -0.3 is 10.1 Å². The van der Waals surface area contributed by atoms with Crippen molar-refractivity contribution >= 4 is 23.4 Å². The average molecular weight is 366 g/mol. The van der Waals surface area contributed by atoms with Gasteiger partial charge in [0.15, 0.2) is 0 Å². The minimum atomic E-state index is -0.220. The van der Waals surface area contributed by atoms with E-state index in [-0.39, 0.29) is 36.6 Å². The second-order valence-electron chi connectivity index (χ2n) is 6.37. The van der Waals surface area contributed by atoms with E-state index in [1.807, 2.05) is 38.1 Å². The summed E-state index contributed by atoms with van der Waals surface area (Å²) < 4.78 is 5.42. The Balaban J connectivity index is 1.65. The summed E-state index contributed by atoms with van der Waals surface area (Å²) in [6.07, 6.45) is 0.474. The van der Waals surface area contributed by atoms with Crippen LogP contribution in [-0.2, 0) is 9.59 Å². The molecule has 3 rings (SSSR count). The molecule has 1 saturated heterocycles. The molecule has 1 aliphatic heterocycles. The number of ether oxygens (including phenoxy) is 1. The first-order valence-corrected chi connectivity index (χ1v) is 8.99. The molecule has 140 valence electrons. The molecular formula is C21H22N2O4. The molecule has 0 aromatic heterocycles. The Hall–Kier alpha value is -3.15. The van der Waals surface area contributed by atoms with Gasteiger partial charge in [0.25, 0.3) is 5.91 Å². The van der Waals surface area contributed by atoms with Crippen molar-refractivity contribution in [2.75, 3.05) is 11.5 Å². The van der Waals surface area contributed by atoms with Crippen molar-refractivity contribution in [3.63, 3.8) is 0 Å². The van der Waals surface area contributed by atoms with E-state index in [0.717, 1.165) is 11.3 Å². The second kappa shape index (κ2) is 8.03. The van der Waals surface area contributed by atoms with Crippen LogP contribution in [0.2, 0.25) is 0 Å². The molecule has 2 aromatic rings. The number of hydrogen-bond donors (Lipinski definition) is 1. The summed E-state index contributed by atoms with van der Waals surface area (Å²) in [5.41, 5.74) is 1.94. The first-order valence-electron chi connectivity index (χ1n) is 8.99. The van der Waals surface area contributed by atoms with Gasteiger partial charge in [-0.1, -0.05) is 12.1 Å². The van der Waals surface area contributed by atoms with Gasteiger partial charge in [-0.2, -0.15) is 0 Å². The lowest BCUT2D eigenvalue weighted by Gasteiger charge is -2.16. The van der Waals surface area contributed by atoms with Gasteiger partial charge >= 0.3 is 0 Å². The highest BCUT2D eigenvalue weighted by Gasteiger charge is 2.30. The third kappa shape index (κ3) is 4.16. The van der Waals surface area contributed by atoms with Gasteiger partial charge in [0.05, 0.1) is 18.3 Å². The maximum atomic E-state index is 12.5. The summed E-state index contributed by atoms with van der Waals surface area (Å²) >= 11 is 0. The fraction of sp³-hybridized carbons (Fsp3) is 0.286.